The van der Waals surface area contributed by atoms with Gasteiger partial charge in [-0.15, -0.1) is 0 Å². The molecule has 0 aliphatic carbocycles. The van der Waals surface area contributed by atoms with E-state index < -0.39 is 0 Å². The molecule has 0 heterocycles. The molecule has 0 radical (unpaired) electrons. The van der Waals surface area contributed by atoms with E-state index >= 15 is 0 Å². The zero-order chi connectivity index (χ0) is 14.4. The molecule has 0 aromatic heterocycles. The molecule has 1 atom stereocenters. The van der Waals surface area contributed by atoms with Crippen LogP contribution in [0.25, 0.3) is 0 Å². The van der Waals surface area contributed by atoms with E-state index in [9.17, 15) is 0 Å². The van der Waals surface area contributed by atoms with Gasteiger partial charge < -0.3 is 10.1 Å². The van der Waals surface area contributed by atoms with E-state index in [2.05, 4.69) is 43.4 Å². The summed E-state index contributed by atoms with van der Waals surface area (Å²) in [5, 5.41) is 3.31. The average molecular weight is 269 g/mol. The van der Waals surface area contributed by atoms with Gasteiger partial charge in [0.1, 0.15) is 11.5 Å². The highest BCUT2D eigenvalue weighted by Crippen LogP contribution is 2.24. The molecule has 0 fully saturated rings. The molecular formula is C18H23NO. The van der Waals surface area contributed by atoms with Crippen LogP contribution in [0.3, 0.4) is 0 Å². The molecule has 0 spiro atoms. The Hall–Kier alpha value is -1.80. The lowest BCUT2D eigenvalue weighted by molar-refractivity contribution is 0.481. The zero-order valence-electron chi connectivity index (χ0n) is 12.5. The highest BCUT2D eigenvalue weighted by atomic mass is 16.5. The largest absolute Gasteiger partial charge is 0.457 e. The third kappa shape index (κ3) is 3.61. The Morgan fingerprint density at radius 1 is 0.900 bits per heavy atom. The van der Waals surface area contributed by atoms with E-state index in [0.29, 0.717) is 6.04 Å². The van der Waals surface area contributed by atoms with Gasteiger partial charge in [-0.2, -0.15) is 0 Å². The van der Waals surface area contributed by atoms with Gasteiger partial charge in [0.15, 0.2) is 0 Å². The molecule has 106 valence electrons. The summed E-state index contributed by atoms with van der Waals surface area (Å²) in [6, 6.07) is 17.0. The molecule has 2 heteroatoms. The van der Waals surface area contributed by atoms with Gasteiger partial charge in [-0.3, -0.25) is 0 Å². The minimum Gasteiger partial charge on any atom is -0.457 e. The number of hydrogen-bond acceptors (Lipinski definition) is 2. The third-order valence-corrected chi connectivity index (χ3v) is 3.61. The Morgan fingerprint density at radius 2 is 1.45 bits per heavy atom. The summed E-state index contributed by atoms with van der Waals surface area (Å²) >= 11 is 0. The molecule has 20 heavy (non-hydrogen) atoms. The Morgan fingerprint density at radius 3 is 1.90 bits per heavy atom. The van der Waals surface area contributed by atoms with Gasteiger partial charge in [0.25, 0.3) is 0 Å². The highest BCUT2D eigenvalue weighted by Gasteiger charge is 2.06. The molecule has 0 saturated heterocycles. The maximum Gasteiger partial charge on any atom is 0.127 e. The van der Waals surface area contributed by atoms with Gasteiger partial charge in [0.2, 0.25) is 0 Å². The molecule has 1 N–H and O–H groups in total. The predicted molar refractivity (Wildman–Crippen MR) is 84.4 cm³/mol. The van der Waals surface area contributed by atoms with Crippen LogP contribution in [-0.4, -0.2) is 7.05 Å². The van der Waals surface area contributed by atoms with Gasteiger partial charge in [-0.1, -0.05) is 38.1 Å². The standard InChI is InChI=1S/C18H23NO/c1-4-14-6-10-16(11-7-14)20-17-12-8-15(9-13-17)18(5-2)19-3/h6-13,18-19H,4-5H2,1-3H3. The first-order chi connectivity index (χ1) is 9.76. The van der Waals surface area contributed by atoms with Crippen LogP contribution in [0, 0.1) is 0 Å². The first kappa shape index (κ1) is 14.6. The minimum atomic E-state index is 0.410. The van der Waals surface area contributed by atoms with E-state index in [1.165, 1.54) is 11.1 Å². The third-order valence-electron chi connectivity index (χ3n) is 3.61. The van der Waals surface area contributed by atoms with E-state index in [4.69, 9.17) is 4.74 Å². The number of aryl methyl sites for hydroxylation is 1. The zero-order valence-corrected chi connectivity index (χ0v) is 12.5. The van der Waals surface area contributed by atoms with E-state index in [1.54, 1.807) is 0 Å². The molecule has 2 aromatic rings. The van der Waals surface area contributed by atoms with Crippen molar-refractivity contribution in [2.75, 3.05) is 7.05 Å². The second kappa shape index (κ2) is 7.11. The number of benzene rings is 2. The van der Waals surface area contributed by atoms with Gasteiger partial charge in [-0.05, 0) is 55.3 Å². The topological polar surface area (TPSA) is 21.3 Å². The number of hydrogen-bond donors (Lipinski definition) is 1. The van der Waals surface area contributed by atoms with Crippen molar-refractivity contribution in [2.24, 2.45) is 0 Å². The monoisotopic (exact) mass is 269 g/mol. The molecule has 0 aliphatic heterocycles. The van der Waals surface area contributed by atoms with Gasteiger partial charge in [-0.25, -0.2) is 0 Å². The van der Waals surface area contributed by atoms with E-state index in [1.807, 2.05) is 31.3 Å². The molecule has 0 bridgehead atoms. The van der Waals surface area contributed by atoms with Crippen LogP contribution >= 0.6 is 0 Å². The van der Waals surface area contributed by atoms with Crippen molar-refractivity contribution < 1.29 is 4.74 Å². The van der Waals surface area contributed by atoms with Crippen molar-refractivity contribution in [2.45, 2.75) is 32.7 Å². The second-order valence-electron chi connectivity index (χ2n) is 4.92. The minimum absolute atomic E-state index is 0.410. The first-order valence-corrected chi connectivity index (χ1v) is 7.30. The molecule has 2 nitrogen and oxygen atoms in total. The maximum atomic E-state index is 5.86. The molecule has 1 unspecified atom stereocenters. The summed E-state index contributed by atoms with van der Waals surface area (Å²) in [6.45, 7) is 4.33. The van der Waals surface area contributed by atoms with Crippen molar-refractivity contribution >= 4 is 0 Å². The molecule has 2 aromatic carbocycles. The van der Waals surface area contributed by atoms with Crippen molar-refractivity contribution in [1.29, 1.82) is 0 Å². The first-order valence-electron chi connectivity index (χ1n) is 7.30. The molecule has 0 saturated carbocycles. The lowest BCUT2D eigenvalue weighted by atomic mass is 10.0. The van der Waals surface area contributed by atoms with Gasteiger partial charge in [0, 0.05) is 6.04 Å². The Kier molecular flexibility index (Phi) is 5.19. The van der Waals surface area contributed by atoms with Crippen LogP contribution in [0.5, 0.6) is 11.5 Å². The number of nitrogens with one attached hydrogen (secondary N) is 1. The number of ether oxygens (including phenoxy) is 1. The van der Waals surface area contributed by atoms with Crippen molar-refractivity contribution in [3.05, 3.63) is 59.7 Å². The van der Waals surface area contributed by atoms with Crippen molar-refractivity contribution in [3.63, 3.8) is 0 Å². The van der Waals surface area contributed by atoms with Crippen LogP contribution < -0.4 is 10.1 Å². The molecule has 0 aliphatic rings. The summed E-state index contributed by atoms with van der Waals surface area (Å²) in [7, 11) is 1.99. The van der Waals surface area contributed by atoms with Gasteiger partial charge in [0.05, 0.1) is 0 Å². The Balaban J connectivity index is 2.06. The molecule has 2 rings (SSSR count). The fourth-order valence-corrected chi connectivity index (χ4v) is 2.30. The van der Waals surface area contributed by atoms with E-state index in [-0.39, 0.29) is 0 Å². The fourth-order valence-electron chi connectivity index (χ4n) is 2.30. The summed E-state index contributed by atoms with van der Waals surface area (Å²) in [5.74, 6) is 1.76. The van der Waals surface area contributed by atoms with Crippen molar-refractivity contribution in [3.8, 4) is 11.5 Å². The summed E-state index contributed by atoms with van der Waals surface area (Å²) < 4.78 is 5.86. The van der Waals surface area contributed by atoms with Crippen molar-refractivity contribution in [1.82, 2.24) is 5.32 Å². The highest BCUT2D eigenvalue weighted by molar-refractivity contribution is 5.35. The van der Waals surface area contributed by atoms with Crippen LogP contribution in [0.1, 0.15) is 37.4 Å². The number of rotatable bonds is 6. The van der Waals surface area contributed by atoms with Crippen LogP contribution in [0.2, 0.25) is 0 Å². The predicted octanol–water partition coefficient (Wildman–Crippen LogP) is 4.71. The summed E-state index contributed by atoms with van der Waals surface area (Å²) in [4.78, 5) is 0. The second-order valence-corrected chi connectivity index (χ2v) is 4.92. The lowest BCUT2D eigenvalue weighted by Gasteiger charge is -2.14. The fraction of sp³-hybridized carbons (Fsp3) is 0.333. The summed E-state index contributed by atoms with van der Waals surface area (Å²) in [5.41, 5.74) is 2.62. The quantitative estimate of drug-likeness (QED) is 0.820. The summed E-state index contributed by atoms with van der Waals surface area (Å²) in [6.07, 6.45) is 2.13. The van der Waals surface area contributed by atoms with Crippen LogP contribution in [0.15, 0.2) is 48.5 Å². The average Bonchev–Trinajstić information content (AvgIpc) is 2.51. The Bertz CT molecular complexity index is 512. The molecule has 0 amide bonds. The van der Waals surface area contributed by atoms with E-state index in [0.717, 1.165) is 24.3 Å². The van der Waals surface area contributed by atoms with Gasteiger partial charge >= 0.3 is 0 Å². The maximum absolute atomic E-state index is 5.86. The van der Waals surface area contributed by atoms with Crippen LogP contribution in [-0.2, 0) is 6.42 Å². The molecular weight excluding hydrogens is 246 g/mol. The Labute approximate surface area is 121 Å². The lowest BCUT2D eigenvalue weighted by Crippen LogP contribution is -2.14. The smallest absolute Gasteiger partial charge is 0.127 e. The normalized spacial score (nSPS) is 12.2. The van der Waals surface area contributed by atoms with Crippen LogP contribution in [0.4, 0.5) is 0 Å². The SMILES string of the molecule is CCc1ccc(Oc2ccc(C(CC)NC)cc2)cc1.